The molecule has 0 aliphatic rings. The summed E-state index contributed by atoms with van der Waals surface area (Å²) < 4.78 is 5.16. The largest absolute Gasteiger partial charge is 0.361 e. The molecular formula is C16H21Cl2IN4O. The second-order valence-electron chi connectivity index (χ2n) is 5.09. The van der Waals surface area contributed by atoms with Gasteiger partial charge in [-0.2, -0.15) is 0 Å². The fraction of sp³-hybridized carbons (Fsp3) is 0.375. The van der Waals surface area contributed by atoms with Gasteiger partial charge in [-0.25, -0.2) is 4.99 Å². The minimum atomic E-state index is 0. The van der Waals surface area contributed by atoms with Gasteiger partial charge in [0.25, 0.3) is 0 Å². The average molecular weight is 483 g/mol. The quantitative estimate of drug-likeness (QED) is 0.375. The van der Waals surface area contributed by atoms with Crippen molar-refractivity contribution in [2.45, 2.75) is 33.9 Å². The van der Waals surface area contributed by atoms with E-state index in [1.54, 1.807) is 6.07 Å². The Balaban J connectivity index is 0.00000288. The highest BCUT2D eigenvalue weighted by molar-refractivity contribution is 14.0. The van der Waals surface area contributed by atoms with E-state index in [1.165, 1.54) is 0 Å². The SMILES string of the molecule is CCNC(=NCc1ccc(Cl)cc1Cl)NCc1c(C)noc1C.I. The lowest BCUT2D eigenvalue weighted by molar-refractivity contribution is 0.392. The number of aliphatic imine (C=N–C) groups is 1. The van der Waals surface area contributed by atoms with E-state index in [4.69, 9.17) is 27.7 Å². The number of guanidine groups is 1. The van der Waals surface area contributed by atoms with Crippen molar-refractivity contribution in [3.05, 3.63) is 50.8 Å². The molecule has 0 bridgehead atoms. The molecule has 0 saturated carbocycles. The van der Waals surface area contributed by atoms with Crippen molar-refractivity contribution in [2.75, 3.05) is 6.54 Å². The van der Waals surface area contributed by atoms with Crippen molar-refractivity contribution in [1.29, 1.82) is 0 Å². The highest BCUT2D eigenvalue weighted by atomic mass is 127. The average Bonchev–Trinajstić information content (AvgIpc) is 2.82. The van der Waals surface area contributed by atoms with Gasteiger partial charge < -0.3 is 15.2 Å². The summed E-state index contributed by atoms with van der Waals surface area (Å²) in [5.74, 6) is 1.52. The van der Waals surface area contributed by atoms with Crippen molar-refractivity contribution in [3.63, 3.8) is 0 Å². The lowest BCUT2D eigenvalue weighted by Gasteiger charge is -2.11. The Bertz CT molecular complexity index is 684. The Hall–Kier alpha value is -0.990. The van der Waals surface area contributed by atoms with Crippen molar-refractivity contribution in [1.82, 2.24) is 15.8 Å². The van der Waals surface area contributed by atoms with Crippen LogP contribution in [0.5, 0.6) is 0 Å². The smallest absolute Gasteiger partial charge is 0.191 e. The topological polar surface area (TPSA) is 62.5 Å². The lowest BCUT2D eigenvalue weighted by atomic mass is 10.2. The molecule has 1 aromatic heterocycles. The van der Waals surface area contributed by atoms with E-state index in [2.05, 4.69) is 20.8 Å². The Labute approximate surface area is 169 Å². The first-order valence-corrected chi connectivity index (χ1v) is 8.14. The molecule has 2 aromatic rings. The van der Waals surface area contributed by atoms with E-state index in [-0.39, 0.29) is 24.0 Å². The fourth-order valence-electron chi connectivity index (χ4n) is 2.08. The van der Waals surface area contributed by atoms with Gasteiger partial charge >= 0.3 is 0 Å². The van der Waals surface area contributed by atoms with E-state index < -0.39 is 0 Å². The third kappa shape index (κ3) is 5.82. The Morgan fingerprint density at radius 2 is 2.00 bits per heavy atom. The van der Waals surface area contributed by atoms with E-state index in [9.17, 15) is 0 Å². The molecule has 0 unspecified atom stereocenters. The maximum atomic E-state index is 6.17. The number of halogens is 3. The molecule has 0 aliphatic carbocycles. The van der Waals surface area contributed by atoms with Crippen LogP contribution in [0.1, 0.15) is 29.5 Å². The molecule has 132 valence electrons. The van der Waals surface area contributed by atoms with Crippen molar-refractivity contribution in [3.8, 4) is 0 Å². The number of benzene rings is 1. The second-order valence-corrected chi connectivity index (χ2v) is 5.93. The minimum absolute atomic E-state index is 0. The number of hydrogen-bond acceptors (Lipinski definition) is 3. The molecule has 1 aromatic carbocycles. The molecule has 1 heterocycles. The Morgan fingerprint density at radius 1 is 1.25 bits per heavy atom. The van der Waals surface area contributed by atoms with Crippen LogP contribution in [0.3, 0.4) is 0 Å². The maximum Gasteiger partial charge on any atom is 0.191 e. The van der Waals surface area contributed by atoms with Crippen LogP contribution in [0.25, 0.3) is 0 Å². The van der Waals surface area contributed by atoms with E-state index in [1.807, 2.05) is 32.9 Å². The summed E-state index contributed by atoms with van der Waals surface area (Å²) in [6.45, 7) is 7.66. The molecule has 24 heavy (non-hydrogen) atoms. The van der Waals surface area contributed by atoms with Crippen LogP contribution in [-0.4, -0.2) is 17.7 Å². The molecule has 0 atom stereocenters. The predicted molar refractivity (Wildman–Crippen MR) is 110 cm³/mol. The van der Waals surface area contributed by atoms with Gasteiger partial charge in [0.1, 0.15) is 5.76 Å². The molecule has 8 heteroatoms. The number of aryl methyl sites for hydroxylation is 2. The molecule has 0 fully saturated rings. The zero-order chi connectivity index (χ0) is 16.8. The summed E-state index contributed by atoms with van der Waals surface area (Å²) >= 11 is 12.1. The summed E-state index contributed by atoms with van der Waals surface area (Å²) in [4.78, 5) is 4.55. The normalized spacial score (nSPS) is 11.1. The predicted octanol–water partition coefficient (Wildman–Crippen LogP) is 4.47. The van der Waals surface area contributed by atoms with Gasteiger partial charge in [-0.1, -0.05) is 34.4 Å². The van der Waals surface area contributed by atoms with Crippen LogP contribution in [0.2, 0.25) is 10.0 Å². The third-order valence-corrected chi connectivity index (χ3v) is 3.97. The monoisotopic (exact) mass is 482 g/mol. The van der Waals surface area contributed by atoms with Crippen molar-refractivity contribution < 1.29 is 4.52 Å². The molecule has 0 saturated heterocycles. The Kier molecular flexibility index (Phi) is 8.86. The number of nitrogens with zero attached hydrogens (tertiary/aromatic N) is 2. The van der Waals surface area contributed by atoms with Crippen LogP contribution < -0.4 is 10.6 Å². The zero-order valence-electron chi connectivity index (χ0n) is 13.8. The van der Waals surface area contributed by atoms with E-state index in [0.717, 1.165) is 29.1 Å². The van der Waals surface area contributed by atoms with E-state index >= 15 is 0 Å². The van der Waals surface area contributed by atoms with Crippen LogP contribution in [0, 0.1) is 13.8 Å². The summed E-state index contributed by atoms with van der Waals surface area (Å²) in [6, 6.07) is 5.41. The number of nitrogens with one attached hydrogen (secondary N) is 2. The summed E-state index contributed by atoms with van der Waals surface area (Å²) in [5, 5.41) is 11.7. The minimum Gasteiger partial charge on any atom is -0.361 e. The molecule has 0 amide bonds. The standard InChI is InChI=1S/C16H20Cl2N4O.HI/c1-4-19-16(21-9-14-10(2)22-23-11(14)3)20-8-12-5-6-13(17)7-15(12)18;/h5-7H,4,8-9H2,1-3H3,(H2,19,20,21);1H. The summed E-state index contributed by atoms with van der Waals surface area (Å²) in [6.07, 6.45) is 0. The number of aromatic nitrogens is 1. The van der Waals surface area contributed by atoms with Gasteiger partial charge in [0.2, 0.25) is 0 Å². The Morgan fingerprint density at radius 3 is 2.58 bits per heavy atom. The first-order valence-electron chi connectivity index (χ1n) is 7.39. The molecule has 0 radical (unpaired) electrons. The summed E-state index contributed by atoms with van der Waals surface area (Å²) in [7, 11) is 0. The number of hydrogen-bond donors (Lipinski definition) is 2. The van der Waals surface area contributed by atoms with Crippen LogP contribution in [0.4, 0.5) is 0 Å². The summed E-state index contributed by atoms with van der Waals surface area (Å²) in [5.41, 5.74) is 2.84. The number of rotatable bonds is 5. The van der Waals surface area contributed by atoms with Gasteiger partial charge in [0.15, 0.2) is 5.96 Å². The third-order valence-electron chi connectivity index (χ3n) is 3.38. The highest BCUT2D eigenvalue weighted by Gasteiger charge is 2.09. The first-order chi connectivity index (χ1) is 11.0. The molecule has 0 spiro atoms. The van der Waals surface area contributed by atoms with Gasteiger partial charge in [0.05, 0.1) is 12.2 Å². The van der Waals surface area contributed by atoms with Crippen LogP contribution in [0.15, 0.2) is 27.7 Å². The second kappa shape index (κ2) is 10.1. The zero-order valence-corrected chi connectivity index (χ0v) is 17.7. The van der Waals surface area contributed by atoms with Crippen LogP contribution in [-0.2, 0) is 13.1 Å². The maximum absolute atomic E-state index is 6.17. The molecule has 5 nitrogen and oxygen atoms in total. The molecule has 2 N–H and O–H groups in total. The molecular weight excluding hydrogens is 462 g/mol. The van der Waals surface area contributed by atoms with Gasteiger partial charge in [-0.3, -0.25) is 0 Å². The molecule has 0 aliphatic heterocycles. The van der Waals surface area contributed by atoms with Crippen molar-refractivity contribution >= 4 is 53.1 Å². The van der Waals surface area contributed by atoms with Gasteiger partial charge in [-0.15, -0.1) is 24.0 Å². The lowest BCUT2D eigenvalue weighted by Crippen LogP contribution is -2.37. The highest BCUT2D eigenvalue weighted by Crippen LogP contribution is 2.21. The first kappa shape index (κ1) is 21.1. The fourth-order valence-corrected chi connectivity index (χ4v) is 2.55. The van der Waals surface area contributed by atoms with Gasteiger partial charge in [0, 0.05) is 28.7 Å². The van der Waals surface area contributed by atoms with E-state index in [0.29, 0.717) is 29.1 Å². The van der Waals surface area contributed by atoms with Crippen LogP contribution >= 0.6 is 47.2 Å². The van der Waals surface area contributed by atoms with Crippen molar-refractivity contribution in [2.24, 2.45) is 4.99 Å². The van der Waals surface area contributed by atoms with Gasteiger partial charge in [-0.05, 0) is 38.5 Å². The molecule has 2 rings (SSSR count).